The number of carbonyl (C=O) groups excluding carboxylic acids is 1. The van der Waals surface area contributed by atoms with Gasteiger partial charge in [-0.3, -0.25) is 9.78 Å². The highest BCUT2D eigenvalue weighted by Gasteiger charge is 2.30. The van der Waals surface area contributed by atoms with E-state index in [-0.39, 0.29) is 11.9 Å². The lowest BCUT2D eigenvalue weighted by Crippen LogP contribution is -2.41. The number of pyridine rings is 1. The summed E-state index contributed by atoms with van der Waals surface area (Å²) in [6.45, 7) is 4.00. The van der Waals surface area contributed by atoms with E-state index in [1.807, 2.05) is 18.0 Å². The Kier molecular flexibility index (Phi) is 3.56. The number of rotatable bonds is 3. The fourth-order valence-electron chi connectivity index (χ4n) is 3.10. The summed E-state index contributed by atoms with van der Waals surface area (Å²) in [5, 5.41) is 4.14. The fourth-order valence-corrected chi connectivity index (χ4v) is 3.10. The molecule has 8 heteroatoms. The first-order valence-electron chi connectivity index (χ1n) is 7.82. The molecule has 0 fully saturated rings. The first kappa shape index (κ1) is 14.6. The maximum atomic E-state index is 12.7. The molecule has 1 aliphatic heterocycles. The summed E-state index contributed by atoms with van der Waals surface area (Å²) < 4.78 is 3.94. The highest BCUT2D eigenvalue weighted by molar-refractivity contribution is 5.94. The van der Waals surface area contributed by atoms with Gasteiger partial charge in [-0.05, 0) is 19.1 Å². The zero-order chi connectivity index (χ0) is 16.5. The summed E-state index contributed by atoms with van der Waals surface area (Å²) in [6, 6.07) is 3.40. The van der Waals surface area contributed by atoms with Crippen molar-refractivity contribution in [2.24, 2.45) is 0 Å². The molecule has 0 saturated carbocycles. The first-order chi connectivity index (χ1) is 11.7. The summed E-state index contributed by atoms with van der Waals surface area (Å²) >= 11 is 0. The number of amides is 1. The van der Waals surface area contributed by atoms with Crippen LogP contribution in [0.4, 0.5) is 0 Å². The summed E-state index contributed by atoms with van der Waals surface area (Å²) in [7, 11) is 0. The molecule has 0 N–H and O–H groups in total. The number of carbonyl (C=O) groups is 1. The minimum absolute atomic E-state index is 0.0111. The maximum absolute atomic E-state index is 12.7. The average Bonchev–Trinajstić information content (AvgIpc) is 3.27. The van der Waals surface area contributed by atoms with Gasteiger partial charge in [0.2, 0.25) is 0 Å². The Morgan fingerprint density at radius 2 is 2.08 bits per heavy atom. The lowest BCUT2D eigenvalue weighted by atomic mass is 10.1. The molecule has 1 atom stereocenters. The summed E-state index contributed by atoms with van der Waals surface area (Å²) in [6.07, 6.45) is 8.34. The molecular weight excluding hydrogens is 306 g/mol. The van der Waals surface area contributed by atoms with Crippen molar-refractivity contribution in [3.63, 3.8) is 0 Å². The lowest BCUT2D eigenvalue weighted by molar-refractivity contribution is 0.0636. The van der Waals surface area contributed by atoms with E-state index in [1.54, 1.807) is 35.5 Å². The summed E-state index contributed by atoms with van der Waals surface area (Å²) in [5.74, 6) is 0.913. The van der Waals surface area contributed by atoms with Crippen molar-refractivity contribution in [1.29, 1.82) is 0 Å². The second kappa shape index (κ2) is 5.88. The summed E-state index contributed by atoms with van der Waals surface area (Å²) in [5.41, 5.74) is 1.72. The Bertz CT molecular complexity index is 841. The first-order valence-corrected chi connectivity index (χ1v) is 7.82. The SMILES string of the molecule is C[C@H]1c2ncc(Cn3cncn3)n2CCN1C(=O)c1ccncc1. The van der Waals surface area contributed by atoms with Crippen LogP contribution in [0, 0.1) is 0 Å². The summed E-state index contributed by atoms with van der Waals surface area (Å²) in [4.78, 5) is 27.0. The van der Waals surface area contributed by atoms with Crippen LogP contribution in [0.3, 0.4) is 0 Å². The Labute approximate surface area is 138 Å². The van der Waals surface area contributed by atoms with Gasteiger partial charge in [0.1, 0.15) is 18.5 Å². The van der Waals surface area contributed by atoms with Crippen LogP contribution in [0.1, 0.15) is 34.8 Å². The predicted octanol–water partition coefficient (Wildman–Crippen LogP) is 1.13. The van der Waals surface area contributed by atoms with E-state index in [0.717, 1.165) is 18.1 Å². The van der Waals surface area contributed by atoms with Gasteiger partial charge in [-0.15, -0.1) is 0 Å². The van der Waals surface area contributed by atoms with E-state index in [0.29, 0.717) is 18.7 Å². The van der Waals surface area contributed by atoms with Gasteiger partial charge in [-0.2, -0.15) is 5.10 Å². The van der Waals surface area contributed by atoms with E-state index in [1.165, 1.54) is 6.33 Å². The van der Waals surface area contributed by atoms with Gasteiger partial charge in [0.25, 0.3) is 5.91 Å². The largest absolute Gasteiger partial charge is 0.327 e. The van der Waals surface area contributed by atoms with Crippen molar-refractivity contribution in [2.45, 2.75) is 26.1 Å². The van der Waals surface area contributed by atoms with E-state index < -0.39 is 0 Å². The third-order valence-electron chi connectivity index (χ3n) is 4.35. The number of hydrogen-bond acceptors (Lipinski definition) is 5. The third-order valence-corrected chi connectivity index (χ3v) is 4.35. The van der Waals surface area contributed by atoms with Gasteiger partial charge >= 0.3 is 0 Å². The number of fused-ring (bicyclic) bond motifs is 1. The standard InChI is InChI=1S/C16H17N7O/c1-12-15-19-8-14(9-21-11-18-10-20-21)23(15)7-6-22(12)16(24)13-2-4-17-5-3-13/h2-5,8,10-12H,6-7,9H2,1H3/t12-/m0/s1. The molecule has 1 amide bonds. The highest BCUT2D eigenvalue weighted by atomic mass is 16.2. The quantitative estimate of drug-likeness (QED) is 0.722. The molecule has 8 nitrogen and oxygen atoms in total. The van der Waals surface area contributed by atoms with Crippen LogP contribution in [-0.4, -0.2) is 46.7 Å². The Hall–Kier alpha value is -3.03. The van der Waals surface area contributed by atoms with Crippen LogP contribution >= 0.6 is 0 Å². The minimum Gasteiger partial charge on any atom is -0.327 e. The highest BCUT2D eigenvalue weighted by Crippen LogP contribution is 2.27. The zero-order valence-electron chi connectivity index (χ0n) is 13.3. The molecule has 4 heterocycles. The maximum Gasteiger partial charge on any atom is 0.254 e. The molecule has 122 valence electrons. The molecule has 0 aliphatic carbocycles. The van der Waals surface area contributed by atoms with Gasteiger partial charge in [0, 0.05) is 31.0 Å². The monoisotopic (exact) mass is 323 g/mol. The molecule has 24 heavy (non-hydrogen) atoms. The Morgan fingerprint density at radius 1 is 1.25 bits per heavy atom. The molecule has 1 aliphatic rings. The fraction of sp³-hybridized carbons (Fsp3) is 0.312. The van der Waals surface area contributed by atoms with E-state index in [9.17, 15) is 4.79 Å². The molecule has 0 bridgehead atoms. The number of hydrogen-bond donors (Lipinski definition) is 0. The lowest BCUT2D eigenvalue weighted by Gasteiger charge is -2.34. The van der Waals surface area contributed by atoms with Crippen LogP contribution in [0.2, 0.25) is 0 Å². The van der Waals surface area contributed by atoms with Crippen LogP contribution < -0.4 is 0 Å². The van der Waals surface area contributed by atoms with E-state index in [2.05, 4.69) is 24.6 Å². The van der Waals surface area contributed by atoms with Crippen molar-refractivity contribution >= 4 is 5.91 Å². The number of imidazole rings is 1. The van der Waals surface area contributed by atoms with Gasteiger partial charge in [0.05, 0.1) is 24.5 Å². The van der Waals surface area contributed by atoms with E-state index in [4.69, 9.17) is 0 Å². The molecular formula is C16H17N7O. The molecule has 0 spiro atoms. The molecule has 3 aromatic rings. The topological polar surface area (TPSA) is 81.7 Å². The number of aromatic nitrogens is 6. The number of nitrogens with zero attached hydrogens (tertiary/aromatic N) is 7. The Morgan fingerprint density at radius 3 is 2.83 bits per heavy atom. The van der Waals surface area contributed by atoms with Gasteiger partial charge in [0.15, 0.2) is 0 Å². The molecule has 0 saturated heterocycles. The van der Waals surface area contributed by atoms with Gasteiger partial charge in [-0.1, -0.05) is 0 Å². The second-order valence-corrected chi connectivity index (χ2v) is 5.76. The van der Waals surface area contributed by atoms with Crippen LogP contribution in [-0.2, 0) is 13.1 Å². The van der Waals surface area contributed by atoms with Gasteiger partial charge < -0.3 is 9.47 Å². The van der Waals surface area contributed by atoms with Gasteiger partial charge in [-0.25, -0.2) is 14.6 Å². The molecule has 0 aromatic carbocycles. The molecule has 3 aromatic heterocycles. The van der Waals surface area contributed by atoms with Crippen LogP contribution in [0.15, 0.2) is 43.4 Å². The average molecular weight is 323 g/mol. The predicted molar refractivity (Wildman–Crippen MR) is 85.0 cm³/mol. The van der Waals surface area contributed by atoms with Crippen molar-refractivity contribution in [3.8, 4) is 0 Å². The van der Waals surface area contributed by atoms with Crippen LogP contribution in [0.25, 0.3) is 0 Å². The smallest absolute Gasteiger partial charge is 0.254 e. The molecule has 0 unspecified atom stereocenters. The molecule has 0 radical (unpaired) electrons. The molecule has 4 rings (SSSR count). The Balaban J connectivity index is 1.58. The van der Waals surface area contributed by atoms with Crippen LogP contribution in [0.5, 0.6) is 0 Å². The van der Waals surface area contributed by atoms with Crippen molar-refractivity contribution in [1.82, 2.24) is 34.2 Å². The normalized spacial score (nSPS) is 16.9. The van der Waals surface area contributed by atoms with Crippen molar-refractivity contribution < 1.29 is 4.79 Å². The zero-order valence-corrected chi connectivity index (χ0v) is 13.3. The minimum atomic E-state index is -0.0797. The van der Waals surface area contributed by atoms with E-state index >= 15 is 0 Å². The third kappa shape index (κ3) is 2.45. The van der Waals surface area contributed by atoms with Crippen molar-refractivity contribution in [3.05, 3.63) is 60.5 Å². The second-order valence-electron chi connectivity index (χ2n) is 5.76. The van der Waals surface area contributed by atoms with Crippen molar-refractivity contribution in [2.75, 3.05) is 6.54 Å².